The zero-order chi connectivity index (χ0) is 13.2. The van der Waals surface area contributed by atoms with Crippen LogP contribution in [0.5, 0.6) is 0 Å². The minimum Gasteiger partial charge on any atom is -0.327 e. The molecule has 1 unspecified atom stereocenters. The first-order valence-electron chi connectivity index (χ1n) is 7.20. The Morgan fingerprint density at radius 3 is 2.39 bits per heavy atom. The van der Waals surface area contributed by atoms with E-state index in [2.05, 4.69) is 22.3 Å². The molecule has 104 valence electrons. The molecular weight excluding hydrogens is 226 g/mol. The second-order valence-corrected chi connectivity index (χ2v) is 5.07. The maximum absolute atomic E-state index is 6.06. The Kier molecular flexibility index (Phi) is 7.57. The highest BCUT2D eigenvalue weighted by molar-refractivity contribution is 4.82. The third-order valence-corrected chi connectivity index (χ3v) is 3.17. The Morgan fingerprint density at radius 1 is 1.11 bits per heavy atom. The highest BCUT2D eigenvalue weighted by Gasteiger charge is 2.08. The lowest BCUT2D eigenvalue weighted by atomic mass is 10.0. The number of aromatic nitrogens is 4. The Labute approximate surface area is 110 Å². The van der Waals surface area contributed by atoms with E-state index in [4.69, 9.17) is 5.73 Å². The third kappa shape index (κ3) is 6.69. The van der Waals surface area contributed by atoms with E-state index in [0.717, 1.165) is 18.7 Å². The molecule has 0 radical (unpaired) electrons. The van der Waals surface area contributed by atoms with Gasteiger partial charge in [-0.2, -0.15) is 4.80 Å². The van der Waals surface area contributed by atoms with Crippen molar-refractivity contribution in [3.63, 3.8) is 0 Å². The minimum absolute atomic E-state index is 0.171. The lowest BCUT2D eigenvalue weighted by Crippen LogP contribution is -2.23. The molecule has 0 aromatic carbocycles. The van der Waals surface area contributed by atoms with Crippen molar-refractivity contribution in [1.29, 1.82) is 0 Å². The maximum Gasteiger partial charge on any atom is 0.176 e. The van der Waals surface area contributed by atoms with Gasteiger partial charge in [0.1, 0.15) is 0 Å². The summed E-state index contributed by atoms with van der Waals surface area (Å²) in [5.74, 6) is 0.757. The Bertz CT molecular complexity index is 310. The Hall–Kier alpha value is -0.970. The van der Waals surface area contributed by atoms with Gasteiger partial charge in [-0.1, -0.05) is 51.9 Å². The number of unbranched alkanes of at least 4 members (excludes halogenated alkanes) is 6. The van der Waals surface area contributed by atoms with E-state index in [1.54, 1.807) is 7.05 Å². The van der Waals surface area contributed by atoms with Gasteiger partial charge in [-0.3, -0.25) is 0 Å². The van der Waals surface area contributed by atoms with Crippen LogP contribution in [0.2, 0.25) is 0 Å². The fraction of sp³-hybridized carbons (Fsp3) is 0.923. The lowest BCUT2D eigenvalue weighted by Gasteiger charge is -2.08. The zero-order valence-corrected chi connectivity index (χ0v) is 11.8. The highest BCUT2D eigenvalue weighted by Crippen LogP contribution is 2.10. The van der Waals surface area contributed by atoms with Gasteiger partial charge in [0.25, 0.3) is 0 Å². The number of tetrazole rings is 1. The molecule has 0 saturated heterocycles. The molecular formula is C13H27N5. The lowest BCUT2D eigenvalue weighted by molar-refractivity contribution is 0.521. The molecule has 0 bridgehead atoms. The van der Waals surface area contributed by atoms with E-state index in [1.807, 2.05) is 0 Å². The first-order chi connectivity index (χ1) is 8.72. The van der Waals surface area contributed by atoms with Crippen molar-refractivity contribution < 1.29 is 0 Å². The third-order valence-electron chi connectivity index (χ3n) is 3.17. The van der Waals surface area contributed by atoms with Gasteiger partial charge in [-0.25, -0.2) is 0 Å². The topological polar surface area (TPSA) is 69.6 Å². The Morgan fingerprint density at radius 2 is 1.78 bits per heavy atom. The molecule has 18 heavy (non-hydrogen) atoms. The maximum atomic E-state index is 6.06. The zero-order valence-electron chi connectivity index (χ0n) is 11.8. The second-order valence-electron chi connectivity index (χ2n) is 5.07. The summed E-state index contributed by atoms with van der Waals surface area (Å²) in [4.78, 5) is 1.48. The predicted molar refractivity (Wildman–Crippen MR) is 73.1 cm³/mol. The molecule has 0 aliphatic carbocycles. The number of rotatable bonds is 10. The van der Waals surface area contributed by atoms with Crippen LogP contribution in [0.1, 0.15) is 64.1 Å². The van der Waals surface area contributed by atoms with Crippen molar-refractivity contribution >= 4 is 0 Å². The molecule has 1 atom stereocenters. The second kappa shape index (κ2) is 9.03. The number of hydrogen-bond acceptors (Lipinski definition) is 4. The standard InChI is InChI=1S/C13H27N5/c1-3-4-5-6-7-8-9-10-12(14)11-13-15-17-18(2)16-13/h12H,3-11,14H2,1-2H3. The van der Waals surface area contributed by atoms with Crippen LogP contribution in [0, 0.1) is 0 Å². The smallest absolute Gasteiger partial charge is 0.176 e. The molecule has 0 aliphatic heterocycles. The molecule has 0 saturated carbocycles. The summed E-state index contributed by atoms with van der Waals surface area (Å²) in [5.41, 5.74) is 6.06. The van der Waals surface area contributed by atoms with Crippen LogP contribution < -0.4 is 5.73 Å². The summed E-state index contributed by atoms with van der Waals surface area (Å²) in [6.07, 6.45) is 11.1. The van der Waals surface area contributed by atoms with Crippen molar-refractivity contribution in [3.8, 4) is 0 Å². The van der Waals surface area contributed by atoms with Crippen LogP contribution in [0.4, 0.5) is 0 Å². The van der Waals surface area contributed by atoms with Gasteiger partial charge >= 0.3 is 0 Å². The highest BCUT2D eigenvalue weighted by atomic mass is 15.6. The SMILES string of the molecule is CCCCCCCCCC(N)Cc1nnn(C)n1. The van der Waals surface area contributed by atoms with Gasteiger partial charge in [-0.15, -0.1) is 10.2 Å². The van der Waals surface area contributed by atoms with Crippen LogP contribution in [-0.4, -0.2) is 26.2 Å². The van der Waals surface area contributed by atoms with Crippen LogP contribution in [0.25, 0.3) is 0 Å². The fourth-order valence-electron chi connectivity index (χ4n) is 2.11. The molecule has 1 aromatic heterocycles. The number of aryl methyl sites for hydroxylation is 1. The summed E-state index contributed by atoms with van der Waals surface area (Å²) < 4.78 is 0. The quantitative estimate of drug-likeness (QED) is 0.649. The number of nitrogens with zero attached hydrogens (tertiary/aromatic N) is 4. The van der Waals surface area contributed by atoms with E-state index in [1.165, 1.54) is 49.7 Å². The van der Waals surface area contributed by atoms with Gasteiger partial charge in [0.05, 0.1) is 7.05 Å². The molecule has 0 spiro atoms. The molecule has 1 aromatic rings. The van der Waals surface area contributed by atoms with Crippen LogP contribution >= 0.6 is 0 Å². The molecule has 1 heterocycles. The number of hydrogen-bond donors (Lipinski definition) is 1. The Balaban J connectivity index is 1.98. The summed E-state index contributed by atoms with van der Waals surface area (Å²) in [5, 5.41) is 11.9. The summed E-state index contributed by atoms with van der Waals surface area (Å²) >= 11 is 0. The summed E-state index contributed by atoms with van der Waals surface area (Å²) in [6, 6.07) is 0.171. The van der Waals surface area contributed by atoms with Gasteiger partial charge in [0.2, 0.25) is 0 Å². The predicted octanol–water partition coefficient (Wildman–Crippen LogP) is 2.22. The largest absolute Gasteiger partial charge is 0.327 e. The van der Waals surface area contributed by atoms with Crippen molar-refractivity contribution in [2.75, 3.05) is 0 Å². The first kappa shape index (κ1) is 15.1. The molecule has 2 N–H and O–H groups in total. The van der Waals surface area contributed by atoms with Crippen LogP contribution in [0.15, 0.2) is 0 Å². The molecule has 1 rings (SSSR count). The van der Waals surface area contributed by atoms with E-state index in [0.29, 0.717) is 0 Å². The van der Waals surface area contributed by atoms with Gasteiger partial charge in [-0.05, 0) is 11.6 Å². The minimum atomic E-state index is 0.171. The van der Waals surface area contributed by atoms with E-state index in [9.17, 15) is 0 Å². The summed E-state index contributed by atoms with van der Waals surface area (Å²) in [6.45, 7) is 2.25. The molecule has 5 heteroatoms. The van der Waals surface area contributed by atoms with Crippen molar-refractivity contribution in [3.05, 3.63) is 5.82 Å². The average molecular weight is 253 g/mol. The molecule has 5 nitrogen and oxygen atoms in total. The van der Waals surface area contributed by atoms with Gasteiger partial charge < -0.3 is 5.73 Å². The van der Waals surface area contributed by atoms with Crippen molar-refractivity contribution in [2.24, 2.45) is 12.8 Å². The molecule has 0 aliphatic rings. The van der Waals surface area contributed by atoms with E-state index < -0.39 is 0 Å². The van der Waals surface area contributed by atoms with E-state index in [-0.39, 0.29) is 6.04 Å². The normalized spacial score (nSPS) is 12.8. The molecule has 0 fully saturated rings. The average Bonchev–Trinajstić information content (AvgIpc) is 2.73. The summed E-state index contributed by atoms with van der Waals surface area (Å²) in [7, 11) is 1.78. The van der Waals surface area contributed by atoms with Crippen LogP contribution in [0.3, 0.4) is 0 Å². The van der Waals surface area contributed by atoms with Crippen LogP contribution in [-0.2, 0) is 13.5 Å². The van der Waals surface area contributed by atoms with Crippen molar-refractivity contribution in [2.45, 2.75) is 70.8 Å². The van der Waals surface area contributed by atoms with E-state index >= 15 is 0 Å². The first-order valence-corrected chi connectivity index (χ1v) is 7.20. The van der Waals surface area contributed by atoms with Gasteiger partial charge in [0, 0.05) is 12.5 Å². The monoisotopic (exact) mass is 253 g/mol. The van der Waals surface area contributed by atoms with Crippen molar-refractivity contribution in [1.82, 2.24) is 20.2 Å². The molecule has 0 amide bonds. The number of nitrogens with two attached hydrogens (primary N) is 1. The fourth-order valence-corrected chi connectivity index (χ4v) is 2.11. The van der Waals surface area contributed by atoms with Gasteiger partial charge in [0.15, 0.2) is 5.82 Å².